The van der Waals surface area contributed by atoms with Crippen molar-refractivity contribution >= 4 is 29.1 Å². The van der Waals surface area contributed by atoms with Crippen LogP contribution >= 0.6 is 11.6 Å². The Morgan fingerprint density at radius 3 is 2.62 bits per heavy atom. The topological polar surface area (TPSA) is 93.9 Å². The highest BCUT2D eigenvalue weighted by atomic mass is 35.5. The van der Waals surface area contributed by atoms with Crippen LogP contribution in [0.4, 0.5) is 14.5 Å². The molecule has 2 amide bonds. The molecule has 3 aliphatic heterocycles. The van der Waals surface area contributed by atoms with Gasteiger partial charge in [0.15, 0.2) is 17.2 Å². The van der Waals surface area contributed by atoms with Gasteiger partial charge in [0, 0.05) is 36.1 Å². The highest BCUT2D eigenvalue weighted by molar-refractivity contribution is 6.34. The SMILES string of the molecule is CC(=O)N1CCOc2c1cc(C(N)=O)c(-c1c(Cl)c(F)cc3c1C[C@](c1ccccc1)([C@@H]1CCCN1)O3)c2F. The largest absolute Gasteiger partial charge is 0.486 e. The minimum Gasteiger partial charge on any atom is -0.486 e. The van der Waals surface area contributed by atoms with Gasteiger partial charge in [-0.05, 0) is 31.0 Å². The average molecular weight is 554 g/mol. The van der Waals surface area contributed by atoms with E-state index in [1.165, 1.54) is 24.0 Å². The van der Waals surface area contributed by atoms with Crippen LogP contribution in [0.2, 0.25) is 5.02 Å². The van der Waals surface area contributed by atoms with E-state index in [0.29, 0.717) is 5.56 Å². The molecule has 0 aromatic heterocycles. The molecule has 3 heterocycles. The Balaban J connectivity index is 1.60. The van der Waals surface area contributed by atoms with Gasteiger partial charge in [-0.2, -0.15) is 0 Å². The van der Waals surface area contributed by atoms with Gasteiger partial charge in [0.25, 0.3) is 0 Å². The maximum Gasteiger partial charge on any atom is 0.249 e. The zero-order valence-corrected chi connectivity index (χ0v) is 21.9. The van der Waals surface area contributed by atoms with E-state index in [0.717, 1.165) is 24.9 Å². The molecule has 1 fully saturated rings. The number of anilines is 1. The van der Waals surface area contributed by atoms with Gasteiger partial charge in [0.1, 0.15) is 18.2 Å². The quantitative estimate of drug-likeness (QED) is 0.488. The predicted octanol–water partition coefficient (Wildman–Crippen LogP) is 4.71. The van der Waals surface area contributed by atoms with E-state index in [4.69, 9.17) is 26.8 Å². The molecule has 3 aliphatic rings. The molecule has 7 nitrogen and oxygen atoms in total. The molecule has 1 saturated heterocycles. The van der Waals surface area contributed by atoms with E-state index in [2.05, 4.69) is 5.32 Å². The lowest BCUT2D eigenvalue weighted by Gasteiger charge is -2.35. The number of carbonyl (C=O) groups is 2. The Hall–Kier alpha value is -3.69. The summed E-state index contributed by atoms with van der Waals surface area (Å²) in [7, 11) is 0. The standard InChI is InChI=1S/C29H26ClF2N3O4/c1-15(36)35-10-11-38-27-20(35)12-17(28(33)37)24(26(27)32)23-18-14-29(22-8-5-9-34-22,16-6-3-2-4-7-16)39-21(18)13-19(31)25(23)30/h2-4,6-7,12-13,22,34H,5,8-11,14H2,1H3,(H2,33,37)/t22-,29-/m0/s1. The molecule has 0 saturated carbocycles. The van der Waals surface area contributed by atoms with E-state index in [-0.39, 0.29) is 70.4 Å². The highest BCUT2D eigenvalue weighted by Gasteiger charge is 2.50. The monoisotopic (exact) mass is 553 g/mol. The lowest BCUT2D eigenvalue weighted by molar-refractivity contribution is -0.116. The van der Waals surface area contributed by atoms with Crippen molar-refractivity contribution in [3.8, 4) is 22.6 Å². The maximum absolute atomic E-state index is 16.4. The minimum atomic E-state index is -0.958. The lowest BCUT2D eigenvalue weighted by atomic mass is 9.80. The number of primary amides is 1. The van der Waals surface area contributed by atoms with Crippen molar-refractivity contribution in [2.75, 3.05) is 24.6 Å². The zero-order chi connectivity index (χ0) is 27.5. The fourth-order valence-electron chi connectivity index (χ4n) is 6.10. The number of rotatable bonds is 4. The number of nitrogens with zero attached hydrogens (tertiary/aromatic N) is 1. The van der Waals surface area contributed by atoms with Gasteiger partial charge < -0.3 is 25.4 Å². The van der Waals surface area contributed by atoms with Gasteiger partial charge in [-0.25, -0.2) is 8.78 Å². The van der Waals surface area contributed by atoms with E-state index in [1.807, 2.05) is 30.3 Å². The van der Waals surface area contributed by atoms with Crippen LogP contribution in [-0.4, -0.2) is 37.6 Å². The van der Waals surface area contributed by atoms with E-state index in [1.54, 1.807) is 0 Å². The molecule has 6 rings (SSSR count). The van der Waals surface area contributed by atoms with Crippen LogP contribution in [0.25, 0.3) is 11.1 Å². The molecule has 0 aliphatic carbocycles. The number of carbonyl (C=O) groups excluding carboxylic acids is 2. The number of hydrogen-bond donors (Lipinski definition) is 2. The summed E-state index contributed by atoms with van der Waals surface area (Å²) in [6, 6.07) is 12.0. The summed E-state index contributed by atoms with van der Waals surface area (Å²) >= 11 is 6.55. The van der Waals surface area contributed by atoms with Crippen LogP contribution in [0.15, 0.2) is 42.5 Å². The third kappa shape index (κ3) is 3.94. The van der Waals surface area contributed by atoms with E-state index < -0.39 is 23.1 Å². The average Bonchev–Trinajstić information content (AvgIpc) is 3.59. The Labute approximate surface area is 228 Å². The smallest absolute Gasteiger partial charge is 0.249 e. The summed E-state index contributed by atoms with van der Waals surface area (Å²) in [6.45, 7) is 2.35. The van der Waals surface area contributed by atoms with Gasteiger partial charge in [0.2, 0.25) is 11.8 Å². The zero-order valence-electron chi connectivity index (χ0n) is 21.2. The molecule has 39 heavy (non-hydrogen) atoms. The first-order valence-electron chi connectivity index (χ1n) is 12.8. The fourth-order valence-corrected chi connectivity index (χ4v) is 6.37. The number of nitrogens with two attached hydrogens (primary N) is 1. The number of ether oxygens (including phenoxy) is 2. The van der Waals surface area contributed by atoms with Gasteiger partial charge in [-0.3, -0.25) is 9.59 Å². The summed E-state index contributed by atoms with van der Waals surface area (Å²) in [5.41, 5.74) is 5.70. The first-order chi connectivity index (χ1) is 18.7. The second kappa shape index (κ2) is 9.50. The molecule has 3 N–H and O–H groups in total. The van der Waals surface area contributed by atoms with Crippen LogP contribution < -0.4 is 25.4 Å². The summed E-state index contributed by atoms with van der Waals surface area (Å²) in [5, 5.41) is 3.14. The van der Waals surface area contributed by atoms with Gasteiger partial charge in [-0.1, -0.05) is 41.9 Å². The van der Waals surface area contributed by atoms with Crippen molar-refractivity contribution < 1.29 is 27.8 Å². The number of fused-ring (bicyclic) bond motifs is 2. The number of halogens is 3. The molecule has 3 aromatic rings. The van der Waals surface area contributed by atoms with E-state index >= 15 is 8.78 Å². The number of hydrogen-bond acceptors (Lipinski definition) is 5. The maximum atomic E-state index is 16.4. The Bertz CT molecular complexity index is 1510. The normalized spacial score (nSPS) is 21.6. The Kier molecular flexibility index (Phi) is 6.23. The van der Waals surface area contributed by atoms with Crippen molar-refractivity contribution in [3.63, 3.8) is 0 Å². The Morgan fingerprint density at radius 2 is 1.95 bits per heavy atom. The summed E-state index contributed by atoms with van der Waals surface area (Å²) in [6.07, 6.45) is 2.01. The van der Waals surface area contributed by atoms with Crippen LogP contribution in [0.5, 0.6) is 11.5 Å². The van der Waals surface area contributed by atoms with Crippen LogP contribution in [0, 0.1) is 11.6 Å². The van der Waals surface area contributed by atoms with Crippen molar-refractivity contribution in [1.82, 2.24) is 5.32 Å². The Morgan fingerprint density at radius 1 is 1.18 bits per heavy atom. The molecule has 0 bridgehead atoms. The van der Waals surface area contributed by atoms with Crippen molar-refractivity contribution in [2.45, 2.75) is 37.8 Å². The van der Waals surface area contributed by atoms with Crippen LogP contribution in [-0.2, 0) is 16.8 Å². The first kappa shape index (κ1) is 25.6. The third-order valence-corrected chi connectivity index (χ3v) is 8.22. The van der Waals surface area contributed by atoms with Gasteiger partial charge >= 0.3 is 0 Å². The molecular formula is C29H26ClF2N3O4. The third-order valence-electron chi connectivity index (χ3n) is 7.85. The molecular weight excluding hydrogens is 528 g/mol. The van der Waals surface area contributed by atoms with Crippen LogP contribution in [0.1, 0.15) is 41.3 Å². The van der Waals surface area contributed by atoms with Crippen molar-refractivity contribution in [2.24, 2.45) is 5.73 Å². The second-order valence-corrected chi connectivity index (χ2v) is 10.4. The molecule has 10 heteroatoms. The van der Waals surface area contributed by atoms with Crippen molar-refractivity contribution in [1.29, 1.82) is 0 Å². The molecule has 0 radical (unpaired) electrons. The molecule has 202 valence electrons. The number of benzene rings is 3. The number of amides is 2. The predicted molar refractivity (Wildman–Crippen MR) is 142 cm³/mol. The lowest BCUT2D eigenvalue weighted by Crippen LogP contribution is -2.48. The van der Waals surface area contributed by atoms with Crippen LogP contribution in [0.3, 0.4) is 0 Å². The summed E-state index contributed by atoms with van der Waals surface area (Å²) in [4.78, 5) is 26.2. The minimum absolute atomic E-state index is 0.0138. The van der Waals surface area contributed by atoms with Crippen molar-refractivity contribution in [3.05, 3.63) is 75.8 Å². The number of nitrogens with one attached hydrogen (secondary N) is 1. The summed E-state index contributed by atoms with van der Waals surface area (Å²) in [5.74, 6) is -3.09. The molecule has 2 atom stereocenters. The van der Waals surface area contributed by atoms with Gasteiger partial charge in [0.05, 0.1) is 28.9 Å². The van der Waals surface area contributed by atoms with Gasteiger partial charge in [-0.15, -0.1) is 0 Å². The second-order valence-electron chi connectivity index (χ2n) is 10.1. The first-order valence-corrected chi connectivity index (χ1v) is 13.2. The molecule has 0 unspecified atom stereocenters. The van der Waals surface area contributed by atoms with E-state index in [9.17, 15) is 9.59 Å². The fraction of sp³-hybridized carbons (Fsp3) is 0.310. The molecule has 3 aromatic carbocycles. The summed E-state index contributed by atoms with van der Waals surface area (Å²) < 4.78 is 44.0. The molecule has 0 spiro atoms. The highest BCUT2D eigenvalue weighted by Crippen LogP contribution is 2.53.